The van der Waals surface area contributed by atoms with Crippen LogP contribution in [0.15, 0.2) is 60.7 Å². The van der Waals surface area contributed by atoms with Crippen molar-refractivity contribution in [1.29, 1.82) is 0 Å². The SMILES string of the molecule is CC(=O)Oc1c(C(=O)Nc2ccccc2)cc2ccccc2c1OC(C)=O. The molecule has 0 aliphatic carbocycles. The average molecular weight is 363 g/mol. The van der Waals surface area contributed by atoms with Gasteiger partial charge in [-0.15, -0.1) is 0 Å². The number of rotatable bonds is 4. The molecular formula is C21H17NO5. The number of hydrogen-bond acceptors (Lipinski definition) is 5. The normalized spacial score (nSPS) is 10.3. The summed E-state index contributed by atoms with van der Waals surface area (Å²) in [7, 11) is 0. The van der Waals surface area contributed by atoms with Gasteiger partial charge in [0.1, 0.15) is 0 Å². The quantitative estimate of drug-likeness (QED) is 0.561. The van der Waals surface area contributed by atoms with Gasteiger partial charge in [-0.2, -0.15) is 0 Å². The zero-order chi connectivity index (χ0) is 19.4. The standard InChI is InChI=1S/C21H17NO5/c1-13(23)26-19-17-11-7-6-8-15(17)12-18(20(19)27-14(2)24)21(25)22-16-9-4-3-5-10-16/h3-12H,1-2H3,(H,22,25). The van der Waals surface area contributed by atoms with E-state index in [9.17, 15) is 14.4 Å². The Hall–Kier alpha value is -3.67. The molecule has 3 rings (SSSR count). The first-order valence-corrected chi connectivity index (χ1v) is 8.24. The Morgan fingerprint density at radius 1 is 0.778 bits per heavy atom. The third-order valence-corrected chi connectivity index (χ3v) is 3.72. The molecule has 0 spiro atoms. The van der Waals surface area contributed by atoms with E-state index in [2.05, 4.69) is 5.32 Å². The molecule has 0 fully saturated rings. The number of anilines is 1. The van der Waals surface area contributed by atoms with E-state index in [-0.39, 0.29) is 17.1 Å². The molecule has 0 saturated heterocycles. The van der Waals surface area contributed by atoms with Gasteiger partial charge in [-0.25, -0.2) is 0 Å². The van der Waals surface area contributed by atoms with Crippen LogP contribution in [-0.4, -0.2) is 17.8 Å². The molecule has 0 radical (unpaired) electrons. The predicted molar refractivity (Wildman–Crippen MR) is 101 cm³/mol. The van der Waals surface area contributed by atoms with E-state index < -0.39 is 17.8 Å². The van der Waals surface area contributed by atoms with Crippen molar-refractivity contribution >= 4 is 34.3 Å². The van der Waals surface area contributed by atoms with Gasteiger partial charge in [0.05, 0.1) is 5.56 Å². The molecular weight excluding hydrogens is 346 g/mol. The molecule has 1 amide bonds. The molecule has 27 heavy (non-hydrogen) atoms. The molecule has 0 aliphatic rings. The highest BCUT2D eigenvalue weighted by Crippen LogP contribution is 2.40. The fourth-order valence-corrected chi connectivity index (χ4v) is 2.67. The Balaban J connectivity index is 2.18. The van der Waals surface area contributed by atoms with Crippen LogP contribution in [0.5, 0.6) is 11.5 Å². The fraction of sp³-hybridized carbons (Fsp3) is 0.0952. The lowest BCUT2D eigenvalue weighted by Crippen LogP contribution is -2.16. The number of esters is 2. The van der Waals surface area contributed by atoms with Crippen LogP contribution < -0.4 is 14.8 Å². The molecule has 0 aromatic heterocycles. The minimum absolute atomic E-state index is 0.0361. The Morgan fingerprint density at radius 2 is 1.37 bits per heavy atom. The number of carbonyl (C=O) groups is 3. The predicted octanol–water partition coefficient (Wildman–Crippen LogP) is 3.94. The highest BCUT2D eigenvalue weighted by molar-refractivity contribution is 6.11. The molecule has 1 N–H and O–H groups in total. The Bertz CT molecular complexity index is 1030. The third-order valence-electron chi connectivity index (χ3n) is 3.72. The summed E-state index contributed by atoms with van der Waals surface area (Å²) in [5, 5.41) is 3.97. The summed E-state index contributed by atoms with van der Waals surface area (Å²) in [6.07, 6.45) is 0. The second-order valence-electron chi connectivity index (χ2n) is 5.81. The van der Waals surface area contributed by atoms with E-state index >= 15 is 0 Å². The van der Waals surface area contributed by atoms with Crippen molar-refractivity contribution in [2.45, 2.75) is 13.8 Å². The van der Waals surface area contributed by atoms with Crippen molar-refractivity contribution in [1.82, 2.24) is 0 Å². The van der Waals surface area contributed by atoms with Gasteiger partial charge in [0, 0.05) is 24.9 Å². The summed E-state index contributed by atoms with van der Waals surface area (Å²) in [6.45, 7) is 2.45. The van der Waals surface area contributed by atoms with E-state index in [1.807, 2.05) is 6.07 Å². The van der Waals surface area contributed by atoms with Gasteiger partial charge in [-0.3, -0.25) is 14.4 Å². The second kappa shape index (κ2) is 7.70. The zero-order valence-electron chi connectivity index (χ0n) is 14.8. The maximum absolute atomic E-state index is 12.9. The summed E-state index contributed by atoms with van der Waals surface area (Å²) in [5.41, 5.74) is 0.669. The van der Waals surface area contributed by atoms with Crippen LogP contribution in [0.2, 0.25) is 0 Å². The van der Waals surface area contributed by atoms with Crippen LogP contribution in [0.1, 0.15) is 24.2 Å². The van der Waals surface area contributed by atoms with E-state index in [0.29, 0.717) is 16.5 Å². The van der Waals surface area contributed by atoms with Crippen LogP contribution in [0.25, 0.3) is 10.8 Å². The topological polar surface area (TPSA) is 81.7 Å². The van der Waals surface area contributed by atoms with E-state index in [0.717, 1.165) is 0 Å². The van der Waals surface area contributed by atoms with Gasteiger partial charge in [-0.1, -0.05) is 42.5 Å². The minimum atomic E-state index is -0.632. The smallest absolute Gasteiger partial charge is 0.308 e. The number of nitrogens with one attached hydrogen (secondary N) is 1. The number of benzene rings is 3. The fourth-order valence-electron chi connectivity index (χ4n) is 2.67. The molecule has 0 atom stereocenters. The molecule has 0 saturated carbocycles. The number of carbonyl (C=O) groups excluding carboxylic acids is 3. The summed E-state index contributed by atoms with van der Waals surface area (Å²) < 4.78 is 10.6. The average Bonchev–Trinajstić information content (AvgIpc) is 2.63. The number of hydrogen-bond donors (Lipinski definition) is 1. The Morgan fingerprint density at radius 3 is 2.04 bits per heavy atom. The summed E-state index contributed by atoms with van der Waals surface area (Å²) in [5.74, 6) is -1.77. The maximum atomic E-state index is 12.9. The number of para-hydroxylation sites is 1. The molecule has 136 valence electrons. The summed E-state index contributed by atoms with van der Waals surface area (Å²) in [6, 6.07) is 17.5. The summed E-state index contributed by atoms with van der Waals surface area (Å²) >= 11 is 0. The third kappa shape index (κ3) is 4.12. The van der Waals surface area contributed by atoms with Crippen molar-refractivity contribution in [3.8, 4) is 11.5 Å². The Kier molecular flexibility index (Phi) is 5.17. The number of amides is 1. The van der Waals surface area contributed by atoms with Gasteiger partial charge in [-0.05, 0) is 23.6 Å². The first kappa shape index (κ1) is 18.1. The monoisotopic (exact) mass is 363 g/mol. The van der Waals surface area contributed by atoms with Gasteiger partial charge in [0.15, 0.2) is 11.5 Å². The lowest BCUT2D eigenvalue weighted by Gasteiger charge is -2.16. The number of ether oxygens (including phenoxy) is 2. The largest absolute Gasteiger partial charge is 0.422 e. The molecule has 0 heterocycles. The van der Waals surface area contributed by atoms with Gasteiger partial charge in [0.2, 0.25) is 0 Å². The second-order valence-corrected chi connectivity index (χ2v) is 5.81. The summed E-state index contributed by atoms with van der Waals surface area (Å²) in [4.78, 5) is 36.1. The van der Waals surface area contributed by atoms with Crippen molar-refractivity contribution < 1.29 is 23.9 Å². The molecule has 3 aromatic rings. The number of fused-ring (bicyclic) bond motifs is 1. The van der Waals surface area contributed by atoms with Crippen LogP contribution >= 0.6 is 0 Å². The molecule has 0 unspecified atom stereocenters. The van der Waals surface area contributed by atoms with Crippen LogP contribution in [0, 0.1) is 0 Å². The minimum Gasteiger partial charge on any atom is -0.422 e. The first-order chi connectivity index (χ1) is 13.0. The lowest BCUT2D eigenvalue weighted by atomic mass is 10.0. The molecule has 6 nitrogen and oxygen atoms in total. The van der Waals surface area contributed by atoms with Crippen molar-refractivity contribution in [2.24, 2.45) is 0 Å². The highest BCUT2D eigenvalue weighted by atomic mass is 16.6. The van der Waals surface area contributed by atoms with Crippen LogP contribution in [0.3, 0.4) is 0 Å². The van der Waals surface area contributed by atoms with Gasteiger partial charge < -0.3 is 14.8 Å². The van der Waals surface area contributed by atoms with Crippen molar-refractivity contribution in [3.05, 3.63) is 66.2 Å². The van der Waals surface area contributed by atoms with Gasteiger partial charge >= 0.3 is 11.9 Å². The van der Waals surface area contributed by atoms with E-state index in [4.69, 9.17) is 9.47 Å². The van der Waals surface area contributed by atoms with Crippen molar-refractivity contribution in [2.75, 3.05) is 5.32 Å². The molecule has 0 aliphatic heterocycles. The molecule has 3 aromatic carbocycles. The van der Waals surface area contributed by atoms with Crippen LogP contribution in [0.4, 0.5) is 5.69 Å². The highest BCUT2D eigenvalue weighted by Gasteiger charge is 2.23. The van der Waals surface area contributed by atoms with Crippen molar-refractivity contribution in [3.63, 3.8) is 0 Å². The first-order valence-electron chi connectivity index (χ1n) is 8.24. The maximum Gasteiger partial charge on any atom is 0.308 e. The van der Waals surface area contributed by atoms with E-state index in [1.165, 1.54) is 13.8 Å². The van der Waals surface area contributed by atoms with Crippen LogP contribution in [-0.2, 0) is 9.59 Å². The zero-order valence-corrected chi connectivity index (χ0v) is 14.8. The van der Waals surface area contributed by atoms with Gasteiger partial charge in [0.25, 0.3) is 5.91 Å². The lowest BCUT2D eigenvalue weighted by molar-refractivity contribution is -0.134. The molecule has 6 heteroatoms. The van der Waals surface area contributed by atoms with E-state index in [1.54, 1.807) is 54.6 Å². The molecule has 0 bridgehead atoms. The Labute approximate surface area is 155 Å².